The molecule has 4 aliphatic carbocycles. The lowest BCUT2D eigenvalue weighted by molar-refractivity contribution is -0.167. The first-order valence-corrected chi connectivity index (χ1v) is 5.64. The second-order valence-corrected chi connectivity index (χ2v) is 5.55. The van der Waals surface area contributed by atoms with Gasteiger partial charge in [-0.15, -0.1) is 0 Å². The predicted molar refractivity (Wildman–Crippen MR) is 51.0 cm³/mol. The van der Waals surface area contributed by atoms with Gasteiger partial charge in [0.05, 0.1) is 5.60 Å². The second-order valence-electron chi connectivity index (χ2n) is 5.55. The number of aliphatic hydroxyl groups is 1. The van der Waals surface area contributed by atoms with Crippen molar-refractivity contribution in [2.45, 2.75) is 37.7 Å². The number of hydrogen-bond donors (Lipinski definition) is 2. The molecule has 0 aromatic rings. The summed E-state index contributed by atoms with van der Waals surface area (Å²) in [4.78, 5) is 0. The Labute approximate surface area is 79.5 Å². The van der Waals surface area contributed by atoms with Gasteiger partial charge in [-0.05, 0) is 56.4 Å². The van der Waals surface area contributed by atoms with Gasteiger partial charge >= 0.3 is 0 Å². The number of nitrogens with two attached hydrogens (primary N) is 1. The number of rotatable bonds is 1. The van der Waals surface area contributed by atoms with Crippen molar-refractivity contribution in [2.75, 3.05) is 6.54 Å². The van der Waals surface area contributed by atoms with Crippen LogP contribution in [0.3, 0.4) is 0 Å². The summed E-state index contributed by atoms with van der Waals surface area (Å²) in [5.74, 6) is 2.82. The Hall–Kier alpha value is -0.0800. The topological polar surface area (TPSA) is 46.2 Å². The highest BCUT2D eigenvalue weighted by molar-refractivity contribution is 5.06. The molecular formula is C11H19NO. The summed E-state index contributed by atoms with van der Waals surface area (Å²) in [6, 6.07) is 0. The molecule has 3 atom stereocenters. The number of hydrogen-bond acceptors (Lipinski definition) is 2. The zero-order valence-corrected chi connectivity index (χ0v) is 8.08. The molecule has 0 aromatic carbocycles. The molecule has 0 radical (unpaired) electrons. The molecule has 0 saturated heterocycles. The van der Waals surface area contributed by atoms with Gasteiger partial charge in [-0.3, -0.25) is 0 Å². The van der Waals surface area contributed by atoms with Gasteiger partial charge in [0.1, 0.15) is 0 Å². The molecule has 74 valence electrons. The fourth-order valence-corrected chi connectivity index (χ4v) is 4.51. The molecule has 3 unspecified atom stereocenters. The van der Waals surface area contributed by atoms with Crippen LogP contribution in [0.5, 0.6) is 0 Å². The molecule has 13 heavy (non-hydrogen) atoms. The minimum atomic E-state index is -0.358. The van der Waals surface area contributed by atoms with Gasteiger partial charge in [0.25, 0.3) is 0 Å². The van der Waals surface area contributed by atoms with Crippen LogP contribution < -0.4 is 5.73 Å². The van der Waals surface area contributed by atoms with Crippen molar-refractivity contribution in [3.63, 3.8) is 0 Å². The minimum absolute atomic E-state index is 0.358. The van der Waals surface area contributed by atoms with E-state index in [1.54, 1.807) is 0 Å². The first kappa shape index (κ1) is 8.25. The lowest BCUT2D eigenvalue weighted by Crippen LogP contribution is -2.59. The minimum Gasteiger partial charge on any atom is -0.390 e. The van der Waals surface area contributed by atoms with Gasteiger partial charge in [0, 0.05) is 5.92 Å². The van der Waals surface area contributed by atoms with E-state index in [1.165, 1.54) is 19.3 Å². The first-order valence-electron chi connectivity index (χ1n) is 5.64. The average Bonchev–Trinajstić information content (AvgIpc) is 2.00. The quantitative estimate of drug-likeness (QED) is 0.637. The van der Waals surface area contributed by atoms with Gasteiger partial charge < -0.3 is 10.8 Å². The van der Waals surface area contributed by atoms with Crippen LogP contribution in [0.4, 0.5) is 0 Å². The van der Waals surface area contributed by atoms with Crippen LogP contribution in [-0.4, -0.2) is 17.3 Å². The molecule has 4 saturated carbocycles. The Morgan fingerprint density at radius 3 is 2.23 bits per heavy atom. The fourth-order valence-electron chi connectivity index (χ4n) is 4.51. The molecule has 0 heterocycles. The molecule has 4 bridgehead atoms. The summed E-state index contributed by atoms with van der Waals surface area (Å²) in [6.45, 7) is 0.695. The van der Waals surface area contributed by atoms with Crippen molar-refractivity contribution in [1.82, 2.24) is 0 Å². The van der Waals surface area contributed by atoms with E-state index in [-0.39, 0.29) is 5.60 Å². The maximum atomic E-state index is 10.5. The van der Waals surface area contributed by atoms with Crippen molar-refractivity contribution >= 4 is 0 Å². The zero-order valence-electron chi connectivity index (χ0n) is 8.08. The van der Waals surface area contributed by atoms with E-state index in [9.17, 15) is 5.11 Å². The van der Waals surface area contributed by atoms with Crippen LogP contribution in [0, 0.1) is 23.7 Å². The van der Waals surface area contributed by atoms with Crippen LogP contribution in [0.2, 0.25) is 0 Å². The lowest BCUT2D eigenvalue weighted by Gasteiger charge is -2.58. The molecule has 0 aromatic heterocycles. The Morgan fingerprint density at radius 2 is 1.77 bits per heavy atom. The van der Waals surface area contributed by atoms with E-state index in [0.29, 0.717) is 12.5 Å². The van der Waals surface area contributed by atoms with E-state index in [4.69, 9.17) is 5.73 Å². The average molecular weight is 181 g/mol. The second kappa shape index (κ2) is 2.48. The lowest BCUT2D eigenvalue weighted by atomic mass is 9.50. The zero-order chi connectivity index (χ0) is 9.05. The van der Waals surface area contributed by atoms with Gasteiger partial charge in [-0.1, -0.05) is 0 Å². The Balaban J connectivity index is 1.93. The van der Waals surface area contributed by atoms with Crippen molar-refractivity contribution < 1.29 is 5.11 Å². The molecule has 0 spiro atoms. The molecular weight excluding hydrogens is 162 g/mol. The summed E-state index contributed by atoms with van der Waals surface area (Å²) in [5, 5.41) is 10.5. The fraction of sp³-hybridized carbons (Fsp3) is 1.00. The highest BCUT2D eigenvalue weighted by atomic mass is 16.3. The van der Waals surface area contributed by atoms with E-state index < -0.39 is 0 Å². The summed E-state index contributed by atoms with van der Waals surface area (Å²) in [5.41, 5.74) is 5.42. The van der Waals surface area contributed by atoms with Crippen molar-refractivity contribution in [2.24, 2.45) is 29.4 Å². The van der Waals surface area contributed by atoms with Crippen LogP contribution in [0.25, 0.3) is 0 Å². The van der Waals surface area contributed by atoms with Crippen molar-refractivity contribution in [1.29, 1.82) is 0 Å². The van der Waals surface area contributed by atoms with Gasteiger partial charge in [0.2, 0.25) is 0 Å². The third kappa shape index (κ3) is 1.02. The first-order chi connectivity index (χ1) is 6.21. The van der Waals surface area contributed by atoms with Crippen LogP contribution >= 0.6 is 0 Å². The summed E-state index contributed by atoms with van der Waals surface area (Å²) in [6.07, 6.45) is 6.17. The van der Waals surface area contributed by atoms with Gasteiger partial charge in [0.15, 0.2) is 0 Å². The highest BCUT2D eigenvalue weighted by Gasteiger charge is 2.55. The summed E-state index contributed by atoms with van der Waals surface area (Å²) in [7, 11) is 0. The molecule has 4 rings (SSSR count). The van der Waals surface area contributed by atoms with Crippen LogP contribution in [0.15, 0.2) is 0 Å². The van der Waals surface area contributed by atoms with E-state index >= 15 is 0 Å². The monoisotopic (exact) mass is 181 g/mol. The summed E-state index contributed by atoms with van der Waals surface area (Å²) < 4.78 is 0. The SMILES string of the molecule is NCC1C2CC3CC(C2)CC1(O)C3. The van der Waals surface area contributed by atoms with E-state index in [2.05, 4.69) is 0 Å². The molecule has 0 aliphatic heterocycles. The Kier molecular flexibility index (Phi) is 1.58. The molecule has 2 nitrogen and oxygen atoms in total. The van der Waals surface area contributed by atoms with Crippen LogP contribution in [0.1, 0.15) is 32.1 Å². The standard InChI is InChI=1S/C11H19NO/c12-6-10-9-2-7-1-8(3-9)5-11(10,13)4-7/h7-10,13H,1-6,12H2. The molecule has 0 amide bonds. The predicted octanol–water partition coefficient (Wildman–Crippen LogP) is 1.13. The van der Waals surface area contributed by atoms with Gasteiger partial charge in [-0.25, -0.2) is 0 Å². The van der Waals surface area contributed by atoms with Crippen LogP contribution in [-0.2, 0) is 0 Å². The van der Waals surface area contributed by atoms with Crippen molar-refractivity contribution in [3.05, 3.63) is 0 Å². The van der Waals surface area contributed by atoms with E-state index in [1.807, 2.05) is 0 Å². The highest BCUT2D eigenvalue weighted by Crippen LogP contribution is 2.58. The van der Waals surface area contributed by atoms with Gasteiger partial charge in [-0.2, -0.15) is 0 Å². The smallest absolute Gasteiger partial charge is 0.0695 e. The maximum absolute atomic E-state index is 10.5. The Bertz CT molecular complexity index is 214. The third-order valence-electron chi connectivity index (χ3n) is 4.74. The maximum Gasteiger partial charge on any atom is 0.0695 e. The van der Waals surface area contributed by atoms with E-state index in [0.717, 1.165) is 30.6 Å². The molecule has 3 N–H and O–H groups in total. The Morgan fingerprint density at radius 1 is 1.15 bits per heavy atom. The van der Waals surface area contributed by atoms with Crippen molar-refractivity contribution in [3.8, 4) is 0 Å². The molecule has 4 fully saturated rings. The molecule has 2 heteroatoms. The summed E-state index contributed by atoms with van der Waals surface area (Å²) >= 11 is 0. The largest absolute Gasteiger partial charge is 0.390 e. The molecule has 4 aliphatic rings. The third-order valence-corrected chi connectivity index (χ3v) is 4.74. The normalized spacial score (nSPS) is 58.6.